The maximum Gasteiger partial charge on any atom is 0.224 e. The van der Waals surface area contributed by atoms with Gasteiger partial charge in [0.05, 0.1) is 10.7 Å². The van der Waals surface area contributed by atoms with Crippen LogP contribution in [-0.2, 0) is 9.59 Å². The molecule has 2 N–H and O–H groups in total. The summed E-state index contributed by atoms with van der Waals surface area (Å²) in [5.74, 6) is -0.520. The summed E-state index contributed by atoms with van der Waals surface area (Å²) in [6.45, 7) is 5.25. The van der Waals surface area contributed by atoms with Gasteiger partial charge < -0.3 is 10.6 Å². The molecule has 25 heavy (non-hydrogen) atoms. The lowest BCUT2D eigenvalue weighted by Crippen LogP contribution is -2.14. The Balaban J connectivity index is 1.92. The molecule has 0 aliphatic heterocycles. The normalized spacial score (nSPS) is 10.4. The molecular formula is C18H19ClN2O3S. The molecule has 1 aromatic carbocycles. The molecule has 0 fully saturated rings. The third-order valence-electron chi connectivity index (χ3n) is 3.48. The molecule has 0 aliphatic rings. The Hall–Kier alpha value is -2.18. The van der Waals surface area contributed by atoms with Crippen molar-refractivity contribution in [1.29, 1.82) is 0 Å². The lowest BCUT2D eigenvalue weighted by Gasteiger charge is -2.09. The summed E-state index contributed by atoms with van der Waals surface area (Å²) in [4.78, 5) is 37.3. The predicted molar refractivity (Wildman–Crippen MR) is 102 cm³/mol. The first-order chi connectivity index (χ1) is 11.8. The van der Waals surface area contributed by atoms with Crippen LogP contribution in [-0.4, -0.2) is 17.6 Å². The van der Waals surface area contributed by atoms with Gasteiger partial charge in [0.15, 0.2) is 5.78 Å². The quantitative estimate of drug-likeness (QED) is 0.722. The van der Waals surface area contributed by atoms with Crippen LogP contribution in [0, 0.1) is 13.8 Å². The average molecular weight is 379 g/mol. The zero-order valence-electron chi connectivity index (χ0n) is 14.2. The van der Waals surface area contributed by atoms with E-state index < -0.39 is 0 Å². The highest BCUT2D eigenvalue weighted by atomic mass is 35.5. The number of thiophene rings is 1. The van der Waals surface area contributed by atoms with Gasteiger partial charge in [0, 0.05) is 40.8 Å². The van der Waals surface area contributed by atoms with Crippen molar-refractivity contribution < 1.29 is 14.4 Å². The first-order valence-electron chi connectivity index (χ1n) is 7.73. The monoisotopic (exact) mass is 378 g/mol. The fraction of sp³-hybridized carbons (Fsp3) is 0.278. The smallest absolute Gasteiger partial charge is 0.224 e. The van der Waals surface area contributed by atoms with Crippen molar-refractivity contribution in [2.45, 2.75) is 33.6 Å². The molecule has 2 aromatic rings. The van der Waals surface area contributed by atoms with Gasteiger partial charge >= 0.3 is 0 Å². The van der Waals surface area contributed by atoms with E-state index in [4.69, 9.17) is 11.6 Å². The van der Waals surface area contributed by atoms with E-state index in [2.05, 4.69) is 10.6 Å². The Kier molecular flexibility index (Phi) is 6.33. The highest BCUT2D eigenvalue weighted by molar-refractivity contribution is 7.12. The number of amides is 2. The Morgan fingerprint density at radius 2 is 1.80 bits per heavy atom. The van der Waals surface area contributed by atoms with Crippen LogP contribution in [0.4, 0.5) is 11.4 Å². The number of anilines is 2. The van der Waals surface area contributed by atoms with Gasteiger partial charge in [-0.1, -0.05) is 11.6 Å². The summed E-state index contributed by atoms with van der Waals surface area (Å²) >= 11 is 7.64. The van der Waals surface area contributed by atoms with Crippen LogP contribution < -0.4 is 10.6 Å². The number of hydrogen-bond acceptors (Lipinski definition) is 4. The summed E-state index contributed by atoms with van der Waals surface area (Å²) in [5, 5.41) is 5.62. The van der Waals surface area contributed by atoms with Crippen molar-refractivity contribution in [2.75, 3.05) is 10.6 Å². The Labute approximate surface area is 155 Å². The van der Waals surface area contributed by atoms with E-state index in [0.29, 0.717) is 22.0 Å². The fourth-order valence-corrected chi connectivity index (χ4v) is 3.55. The van der Waals surface area contributed by atoms with Gasteiger partial charge in [-0.15, -0.1) is 11.3 Å². The molecule has 1 heterocycles. The molecule has 5 nitrogen and oxygen atoms in total. The van der Waals surface area contributed by atoms with Gasteiger partial charge in [-0.2, -0.15) is 0 Å². The highest BCUT2D eigenvalue weighted by Gasteiger charge is 2.14. The highest BCUT2D eigenvalue weighted by Crippen LogP contribution is 2.26. The van der Waals surface area contributed by atoms with Gasteiger partial charge in [0.1, 0.15) is 0 Å². The average Bonchev–Trinajstić information content (AvgIpc) is 2.86. The van der Waals surface area contributed by atoms with Crippen LogP contribution in [0.3, 0.4) is 0 Å². The topological polar surface area (TPSA) is 75.3 Å². The van der Waals surface area contributed by atoms with Crippen molar-refractivity contribution in [2.24, 2.45) is 0 Å². The van der Waals surface area contributed by atoms with Crippen molar-refractivity contribution in [1.82, 2.24) is 0 Å². The van der Waals surface area contributed by atoms with E-state index in [9.17, 15) is 14.4 Å². The predicted octanol–water partition coefficient (Wildman–Crippen LogP) is 4.58. The minimum Gasteiger partial charge on any atom is -0.326 e. The lowest BCUT2D eigenvalue weighted by atomic mass is 10.1. The standard InChI is InChI=1S/C18H19ClN2O3S/c1-10-8-14(11(2)25-10)17(23)6-7-18(24)21-13-4-5-16(15(19)9-13)20-12(3)22/h4-5,8-9H,6-7H2,1-3H3,(H,20,22)(H,21,24). The summed E-state index contributed by atoms with van der Waals surface area (Å²) < 4.78 is 0. The van der Waals surface area contributed by atoms with E-state index in [0.717, 1.165) is 9.75 Å². The summed E-state index contributed by atoms with van der Waals surface area (Å²) in [6, 6.07) is 6.67. The number of nitrogens with one attached hydrogen (secondary N) is 2. The fourth-order valence-electron chi connectivity index (χ4n) is 2.38. The van der Waals surface area contributed by atoms with Crippen molar-refractivity contribution in [3.63, 3.8) is 0 Å². The van der Waals surface area contributed by atoms with E-state index in [1.165, 1.54) is 6.92 Å². The number of halogens is 1. The van der Waals surface area contributed by atoms with Crippen molar-refractivity contribution >= 4 is 51.9 Å². The van der Waals surface area contributed by atoms with Crippen LogP contribution in [0.1, 0.15) is 39.9 Å². The summed E-state index contributed by atoms with van der Waals surface area (Å²) in [6.07, 6.45) is 0.249. The van der Waals surface area contributed by atoms with Crippen molar-refractivity contribution in [3.05, 3.63) is 44.6 Å². The largest absolute Gasteiger partial charge is 0.326 e. The molecule has 7 heteroatoms. The number of Topliss-reactive ketones (excluding diaryl/α,β-unsaturated/α-hetero) is 1. The number of ketones is 1. The molecule has 0 spiro atoms. The maximum atomic E-state index is 12.2. The maximum absolute atomic E-state index is 12.2. The molecule has 0 radical (unpaired) electrons. The van der Waals surface area contributed by atoms with E-state index in [-0.39, 0.29) is 30.4 Å². The third-order valence-corrected chi connectivity index (χ3v) is 4.76. The Bertz CT molecular complexity index is 830. The second-order valence-electron chi connectivity index (χ2n) is 5.67. The van der Waals surface area contributed by atoms with Crippen LogP contribution in [0.5, 0.6) is 0 Å². The molecule has 0 atom stereocenters. The SMILES string of the molecule is CC(=O)Nc1ccc(NC(=O)CCC(=O)c2cc(C)sc2C)cc1Cl. The molecule has 0 bridgehead atoms. The molecule has 0 aliphatic carbocycles. The van der Waals surface area contributed by atoms with Crippen LogP contribution >= 0.6 is 22.9 Å². The molecule has 132 valence electrons. The van der Waals surface area contributed by atoms with Crippen LogP contribution in [0.15, 0.2) is 24.3 Å². The number of carbonyl (C=O) groups excluding carboxylic acids is 3. The second kappa shape index (κ2) is 8.27. The van der Waals surface area contributed by atoms with Crippen LogP contribution in [0.25, 0.3) is 0 Å². The molecule has 0 unspecified atom stereocenters. The molecule has 1 aromatic heterocycles. The Morgan fingerprint density at radius 3 is 2.36 bits per heavy atom. The van der Waals surface area contributed by atoms with E-state index in [1.807, 2.05) is 19.9 Å². The van der Waals surface area contributed by atoms with Gasteiger partial charge in [-0.3, -0.25) is 14.4 Å². The van der Waals surface area contributed by atoms with Crippen LogP contribution in [0.2, 0.25) is 5.02 Å². The van der Waals surface area contributed by atoms with E-state index in [1.54, 1.807) is 29.5 Å². The molecule has 2 amide bonds. The minimum absolute atomic E-state index is 0.0314. The lowest BCUT2D eigenvalue weighted by molar-refractivity contribution is -0.116. The number of rotatable bonds is 6. The number of carbonyl (C=O) groups is 3. The molecule has 0 saturated heterocycles. The van der Waals surface area contributed by atoms with Gasteiger partial charge in [0.2, 0.25) is 11.8 Å². The molecule has 0 saturated carbocycles. The number of benzene rings is 1. The van der Waals surface area contributed by atoms with Gasteiger partial charge in [0.25, 0.3) is 0 Å². The minimum atomic E-state index is -0.263. The molecular weight excluding hydrogens is 360 g/mol. The van der Waals surface area contributed by atoms with E-state index >= 15 is 0 Å². The number of hydrogen-bond donors (Lipinski definition) is 2. The molecule has 2 rings (SSSR count). The summed E-state index contributed by atoms with van der Waals surface area (Å²) in [7, 11) is 0. The zero-order valence-corrected chi connectivity index (χ0v) is 15.8. The zero-order chi connectivity index (χ0) is 18.6. The third kappa shape index (κ3) is 5.41. The second-order valence-corrected chi connectivity index (χ2v) is 7.54. The van der Waals surface area contributed by atoms with Crippen molar-refractivity contribution in [3.8, 4) is 0 Å². The first-order valence-corrected chi connectivity index (χ1v) is 8.93. The summed E-state index contributed by atoms with van der Waals surface area (Å²) in [5.41, 5.74) is 1.68. The Morgan fingerprint density at radius 1 is 1.08 bits per heavy atom. The first kappa shape index (κ1) is 19.1. The van der Waals surface area contributed by atoms with Gasteiger partial charge in [-0.05, 0) is 38.1 Å². The number of aryl methyl sites for hydroxylation is 2. The van der Waals surface area contributed by atoms with Gasteiger partial charge in [-0.25, -0.2) is 0 Å².